The standard InChI is InChI=1S/C24H29N3O2/c1-17(13-18-5-3-2-4-6-18)21-14-23(21)26-20-9-11-27(12-10-20)16-19-7-8-22(24(28)29)25-15-19/h2-8,13,15,20-21,23,26H,9-12,14,16H2,1H3,(H,28,29). The molecule has 5 nitrogen and oxygen atoms in total. The lowest BCUT2D eigenvalue weighted by molar-refractivity contribution is 0.0690. The van der Waals surface area contributed by atoms with Crippen molar-refractivity contribution in [2.45, 2.75) is 44.8 Å². The van der Waals surface area contributed by atoms with Crippen LogP contribution in [0.2, 0.25) is 0 Å². The highest BCUT2D eigenvalue weighted by Crippen LogP contribution is 2.38. The van der Waals surface area contributed by atoms with Gasteiger partial charge in [-0.2, -0.15) is 0 Å². The topological polar surface area (TPSA) is 65.5 Å². The molecule has 2 atom stereocenters. The molecule has 1 saturated heterocycles. The van der Waals surface area contributed by atoms with Crippen molar-refractivity contribution < 1.29 is 9.90 Å². The van der Waals surface area contributed by atoms with Crippen LogP contribution in [0.4, 0.5) is 0 Å². The van der Waals surface area contributed by atoms with Crippen LogP contribution in [0.3, 0.4) is 0 Å². The molecule has 0 spiro atoms. The van der Waals surface area contributed by atoms with Crippen molar-refractivity contribution in [3.8, 4) is 0 Å². The summed E-state index contributed by atoms with van der Waals surface area (Å²) < 4.78 is 0. The predicted octanol–water partition coefficient (Wildman–Crippen LogP) is 3.83. The van der Waals surface area contributed by atoms with Gasteiger partial charge in [0.15, 0.2) is 0 Å². The first kappa shape index (κ1) is 19.8. The second-order valence-electron chi connectivity index (χ2n) is 8.32. The molecule has 2 unspecified atom stereocenters. The molecule has 1 aromatic heterocycles. The van der Waals surface area contributed by atoms with Crippen LogP contribution >= 0.6 is 0 Å². The Labute approximate surface area is 172 Å². The van der Waals surface area contributed by atoms with Gasteiger partial charge in [0.25, 0.3) is 0 Å². The number of likely N-dealkylation sites (tertiary alicyclic amines) is 1. The van der Waals surface area contributed by atoms with Gasteiger partial charge in [-0.25, -0.2) is 9.78 Å². The lowest BCUT2D eigenvalue weighted by Crippen LogP contribution is -2.43. The van der Waals surface area contributed by atoms with Crippen LogP contribution in [0.15, 0.2) is 54.2 Å². The number of pyridine rings is 1. The van der Waals surface area contributed by atoms with Crippen LogP contribution in [-0.2, 0) is 6.54 Å². The molecule has 5 heteroatoms. The van der Waals surface area contributed by atoms with E-state index in [0.717, 1.165) is 38.0 Å². The van der Waals surface area contributed by atoms with Gasteiger partial charge in [-0.15, -0.1) is 0 Å². The zero-order valence-electron chi connectivity index (χ0n) is 16.9. The number of aromatic carboxylic acids is 1. The summed E-state index contributed by atoms with van der Waals surface area (Å²) in [6, 6.07) is 15.2. The first-order valence-electron chi connectivity index (χ1n) is 10.5. The maximum absolute atomic E-state index is 10.9. The zero-order chi connectivity index (χ0) is 20.2. The van der Waals surface area contributed by atoms with E-state index in [1.807, 2.05) is 6.07 Å². The summed E-state index contributed by atoms with van der Waals surface area (Å²) in [5.41, 5.74) is 3.94. The quantitative estimate of drug-likeness (QED) is 0.751. The lowest BCUT2D eigenvalue weighted by Gasteiger charge is -2.32. The zero-order valence-corrected chi connectivity index (χ0v) is 16.9. The molecule has 0 amide bonds. The van der Waals surface area contributed by atoms with Crippen molar-refractivity contribution in [2.24, 2.45) is 5.92 Å². The third kappa shape index (κ3) is 5.31. The van der Waals surface area contributed by atoms with Crippen LogP contribution in [0.5, 0.6) is 0 Å². The third-order valence-corrected chi connectivity index (χ3v) is 6.06. The first-order chi connectivity index (χ1) is 14.1. The van der Waals surface area contributed by atoms with Crippen LogP contribution < -0.4 is 5.32 Å². The van der Waals surface area contributed by atoms with Gasteiger partial charge in [-0.1, -0.05) is 48.0 Å². The van der Waals surface area contributed by atoms with Crippen LogP contribution in [0, 0.1) is 5.92 Å². The summed E-state index contributed by atoms with van der Waals surface area (Å²) in [5.74, 6) is -0.303. The number of benzene rings is 1. The number of nitrogens with zero attached hydrogens (tertiary/aromatic N) is 2. The highest BCUT2D eigenvalue weighted by atomic mass is 16.4. The van der Waals surface area contributed by atoms with Gasteiger partial charge in [0, 0.05) is 24.8 Å². The minimum absolute atomic E-state index is 0.104. The molecule has 29 heavy (non-hydrogen) atoms. The molecule has 1 aliphatic heterocycles. The van der Waals surface area contributed by atoms with Gasteiger partial charge < -0.3 is 10.4 Å². The van der Waals surface area contributed by atoms with Gasteiger partial charge in [0.2, 0.25) is 0 Å². The minimum Gasteiger partial charge on any atom is -0.477 e. The van der Waals surface area contributed by atoms with Gasteiger partial charge in [-0.3, -0.25) is 4.90 Å². The Bertz CT molecular complexity index is 855. The lowest BCUT2D eigenvalue weighted by atomic mass is 10.0. The molecular formula is C24H29N3O2. The van der Waals surface area contributed by atoms with Crippen LogP contribution in [-0.4, -0.2) is 46.1 Å². The molecule has 2 fully saturated rings. The van der Waals surface area contributed by atoms with E-state index in [4.69, 9.17) is 5.11 Å². The number of carboxylic acid groups (broad SMARTS) is 1. The normalized spacial score (nSPS) is 23.1. The number of hydrogen-bond donors (Lipinski definition) is 2. The van der Waals surface area contributed by atoms with Crippen LogP contribution in [0.1, 0.15) is 47.8 Å². The molecule has 2 aromatic rings. The van der Waals surface area contributed by atoms with E-state index >= 15 is 0 Å². The molecule has 0 bridgehead atoms. The van der Waals surface area contributed by atoms with Gasteiger partial charge >= 0.3 is 5.97 Å². The van der Waals surface area contributed by atoms with E-state index < -0.39 is 5.97 Å². The SMILES string of the molecule is CC(=Cc1ccccc1)C1CC1NC1CCN(Cc2ccc(C(=O)O)nc2)CC1. The Hall–Kier alpha value is -2.50. The number of hydrogen-bond acceptors (Lipinski definition) is 4. The molecule has 1 aliphatic carbocycles. The number of carbonyl (C=O) groups is 1. The summed E-state index contributed by atoms with van der Waals surface area (Å²) in [4.78, 5) is 17.4. The number of rotatable bonds is 7. The largest absolute Gasteiger partial charge is 0.477 e. The summed E-state index contributed by atoms with van der Waals surface area (Å²) in [6.07, 6.45) is 7.57. The Balaban J connectivity index is 1.21. The molecule has 1 saturated carbocycles. The Morgan fingerprint density at radius 2 is 1.97 bits per heavy atom. The van der Waals surface area contributed by atoms with Crippen molar-refractivity contribution in [3.05, 3.63) is 71.1 Å². The minimum atomic E-state index is -0.976. The summed E-state index contributed by atoms with van der Waals surface area (Å²) in [5, 5.41) is 12.8. The van der Waals surface area contributed by atoms with Gasteiger partial charge in [0.1, 0.15) is 5.69 Å². The first-order valence-corrected chi connectivity index (χ1v) is 10.5. The monoisotopic (exact) mass is 391 g/mol. The highest BCUT2D eigenvalue weighted by molar-refractivity contribution is 5.85. The van der Waals surface area contributed by atoms with Crippen molar-refractivity contribution >= 4 is 12.0 Å². The van der Waals surface area contributed by atoms with Gasteiger partial charge in [0.05, 0.1) is 0 Å². The van der Waals surface area contributed by atoms with Crippen molar-refractivity contribution in [2.75, 3.05) is 13.1 Å². The van der Waals surface area contributed by atoms with E-state index in [9.17, 15) is 4.79 Å². The molecule has 2 heterocycles. The predicted molar refractivity (Wildman–Crippen MR) is 115 cm³/mol. The number of aromatic nitrogens is 1. The smallest absolute Gasteiger partial charge is 0.354 e. The fraction of sp³-hybridized carbons (Fsp3) is 0.417. The van der Waals surface area contributed by atoms with Crippen molar-refractivity contribution in [3.63, 3.8) is 0 Å². The van der Waals surface area contributed by atoms with Crippen LogP contribution in [0.25, 0.3) is 6.08 Å². The Kier molecular flexibility index (Phi) is 6.07. The van der Waals surface area contributed by atoms with E-state index in [1.54, 1.807) is 12.3 Å². The number of carboxylic acids is 1. The second-order valence-corrected chi connectivity index (χ2v) is 8.32. The van der Waals surface area contributed by atoms with E-state index in [-0.39, 0.29) is 5.69 Å². The number of piperidine rings is 1. The molecule has 2 N–H and O–H groups in total. The summed E-state index contributed by atoms with van der Waals surface area (Å²) >= 11 is 0. The van der Waals surface area contributed by atoms with E-state index in [1.165, 1.54) is 17.6 Å². The maximum atomic E-state index is 10.9. The fourth-order valence-corrected chi connectivity index (χ4v) is 4.26. The Morgan fingerprint density at radius 3 is 2.62 bits per heavy atom. The van der Waals surface area contributed by atoms with E-state index in [2.05, 4.69) is 58.5 Å². The fourth-order valence-electron chi connectivity index (χ4n) is 4.26. The maximum Gasteiger partial charge on any atom is 0.354 e. The summed E-state index contributed by atoms with van der Waals surface area (Å²) in [6.45, 7) is 5.22. The third-order valence-electron chi connectivity index (χ3n) is 6.06. The number of nitrogens with one attached hydrogen (secondary N) is 1. The molecule has 4 rings (SSSR count). The molecule has 152 valence electrons. The van der Waals surface area contributed by atoms with Crippen molar-refractivity contribution in [1.82, 2.24) is 15.2 Å². The average molecular weight is 392 g/mol. The van der Waals surface area contributed by atoms with E-state index in [0.29, 0.717) is 18.0 Å². The average Bonchev–Trinajstić information content (AvgIpc) is 3.50. The molecule has 2 aliphatic rings. The highest BCUT2D eigenvalue weighted by Gasteiger charge is 2.39. The van der Waals surface area contributed by atoms with Gasteiger partial charge in [-0.05, 0) is 62.4 Å². The Morgan fingerprint density at radius 1 is 1.21 bits per heavy atom. The molecule has 0 radical (unpaired) electrons. The molecule has 1 aromatic carbocycles. The van der Waals surface area contributed by atoms with Crippen molar-refractivity contribution in [1.29, 1.82) is 0 Å². The second kappa shape index (κ2) is 8.89. The summed E-state index contributed by atoms with van der Waals surface area (Å²) in [7, 11) is 0. The molecular weight excluding hydrogens is 362 g/mol.